The number of aromatic carboxylic acids is 1. The van der Waals surface area contributed by atoms with Crippen molar-refractivity contribution in [2.75, 3.05) is 0 Å². The molecule has 0 atom stereocenters. The molecule has 0 unspecified atom stereocenters. The quantitative estimate of drug-likeness (QED) is 0.916. The molecular weight excluding hydrogens is 248 g/mol. The predicted molar refractivity (Wildman–Crippen MR) is 77.1 cm³/mol. The Bertz CT molecular complexity index is 668. The van der Waals surface area contributed by atoms with Gasteiger partial charge in [0.15, 0.2) is 0 Å². The largest absolute Gasteiger partial charge is 0.478 e. The molecule has 2 bridgehead atoms. The normalized spacial score (nSPS) is 30.2. The maximum Gasteiger partial charge on any atom is 0.335 e. The molecule has 3 saturated carbocycles. The van der Waals surface area contributed by atoms with E-state index in [1.807, 2.05) is 24.3 Å². The van der Waals surface area contributed by atoms with Gasteiger partial charge < -0.3 is 5.11 Å². The van der Waals surface area contributed by atoms with Crippen LogP contribution < -0.4 is 0 Å². The average molecular weight is 264 g/mol. The van der Waals surface area contributed by atoms with Crippen molar-refractivity contribution >= 4 is 5.97 Å². The molecule has 0 spiro atoms. The predicted octanol–water partition coefficient (Wildman–Crippen LogP) is 3.76. The lowest BCUT2D eigenvalue weighted by Gasteiger charge is -2.71. The van der Waals surface area contributed by atoms with Gasteiger partial charge in [-0.1, -0.05) is 48.5 Å². The fourth-order valence-corrected chi connectivity index (χ4v) is 4.30. The van der Waals surface area contributed by atoms with Gasteiger partial charge in [0.2, 0.25) is 0 Å². The third-order valence-electron chi connectivity index (χ3n) is 5.15. The van der Waals surface area contributed by atoms with Crippen molar-refractivity contribution in [1.29, 1.82) is 0 Å². The third-order valence-corrected chi connectivity index (χ3v) is 5.15. The molecule has 0 saturated heterocycles. The zero-order chi connectivity index (χ0) is 13.8. The molecule has 1 N–H and O–H groups in total. The van der Waals surface area contributed by atoms with Gasteiger partial charge in [-0.2, -0.15) is 0 Å². The summed E-state index contributed by atoms with van der Waals surface area (Å²) in [5.41, 5.74) is 3.35. The lowest BCUT2D eigenvalue weighted by atomic mass is 9.32. The third kappa shape index (κ3) is 1.36. The second kappa shape index (κ2) is 3.72. The maximum atomic E-state index is 11.4. The van der Waals surface area contributed by atoms with Crippen LogP contribution in [0.15, 0.2) is 54.6 Å². The fraction of sp³-hybridized carbons (Fsp3) is 0.278. The smallest absolute Gasteiger partial charge is 0.335 e. The average Bonchev–Trinajstić information content (AvgIpc) is 2.37. The molecule has 0 aliphatic heterocycles. The fourth-order valence-electron chi connectivity index (χ4n) is 4.30. The minimum Gasteiger partial charge on any atom is -0.478 e. The Morgan fingerprint density at radius 2 is 1.45 bits per heavy atom. The first-order valence-electron chi connectivity index (χ1n) is 7.04. The molecule has 2 nitrogen and oxygen atoms in total. The van der Waals surface area contributed by atoms with Gasteiger partial charge in [-0.3, -0.25) is 0 Å². The Kier molecular flexibility index (Phi) is 2.18. The van der Waals surface area contributed by atoms with Crippen molar-refractivity contribution in [2.24, 2.45) is 0 Å². The first kappa shape index (κ1) is 11.7. The SMILES string of the molecule is O=C(O)c1ccccc1C12CC(c3ccccc3)(C1)C2. The second-order valence-corrected chi connectivity index (χ2v) is 6.31. The molecule has 2 aromatic carbocycles. The van der Waals surface area contributed by atoms with E-state index in [2.05, 4.69) is 24.3 Å². The number of carboxylic acids is 1. The zero-order valence-electron chi connectivity index (χ0n) is 11.2. The molecule has 3 aliphatic carbocycles. The molecular formula is C18H16O2. The van der Waals surface area contributed by atoms with Crippen LogP contribution in [0, 0.1) is 0 Å². The highest BCUT2D eigenvalue weighted by atomic mass is 16.4. The first-order valence-corrected chi connectivity index (χ1v) is 7.04. The lowest BCUT2D eigenvalue weighted by Crippen LogP contribution is -2.67. The number of hydrogen-bond acceptors (Lipinski definition) is 1. The topological polar surface area (TPSA) is 37.3 Å². The second-order valence-electron chi connectivity index (χ2n) is 6.31. The van der Waals surface area contributed by atoms with E-state index in [9.17, 15) is 9.90 Å². The molecule has 100 valence electrons. The highest BCUT2D eigenvalue weighted by molar-refractivity contribution is 5.90. The number of hydrogen-bond donors (Lipinski definition) is 1. The van der Waals surface area contributed by atoms with Crippen molar-refractivity contribution in [2.45, 2.75) is 30.1 Å². The van der Waals surface area contributed by atoms with Crippen molar-refractivity contribution in [3.8, 4) is 0 Å². The van der Waals surface area contributed by atoms with Crippen molar-refractivity contribution in [3.63, 3.8) is 0 Å². The van der Waals surface area contributed by atoms with Gasteiger partial charge in [-0.25, -0.2) is 4.79 Å². The summed E-state index contributed by atoms with van der Waals surface area (Å²) < 4.78 is 0. The highest BCUT2D eigenvalue weighted by Gasteiger charge is 2.69. The Hall–Kier alpha value is -2.09. The summed E-state index contributed by atoms with van der Waals surface area (Å²) in [5.74, 6) is -0.806. The van der Waals surface area contributed by atoms with Crippen LogP contribution in [0.2, 0.25) is 0 Å². The van der Waals surface area contributed by atoms with E-state index in [-0.39, 0.29) is 5.41 Å². The van der Waals surface area contributed by atoms with Gasteiger partial charge in [0.05, 0.1) is 5.56 Å². The molecule has 0 aromatic heterocycles. The summed E-state index contributed by atoms with van der Waals surface area (Å²) in [6.07, 6.45) is 3.27. The summed E-state index contributed by atoms with van der Waals surface area (Å²) >= 11 is 0. The summed E-state index contributed by atoms with van der Waals surface area (Å²) in [6, 6.07) is 18.1. The number of rotatable bonds is 3. The van der Waals surface area contributed by atoms with E-state index < -0.39 is 5.97 Å². The maximum absolute atomic E-state index is 11.4. The van der Waals surface area contributed by atoms with E-state index in [1.54, 1.807) is 6.07 Å². The van der Waals surface area contributed by atoms with E-state index >= 15 is 0 Å². The molecule has 2 aromatic rings. The molecule has 3 aliphatic rings. The Morgan fingerprint density at radius 3 is 2.10 bits per heavy atom. The van der Waals surface area contributed by atoms with Crippen molar-refractivity contribution < 1.29 is 9.90 Å². The van der Waals surface area contributed by atoms with Crippen molar-refractivity contribution in [3.05, 3.63) is 71.3 Å². The number of benzene rings is 2. The van der Waals surface area contributed by atoms with E-state index in [1.165, 1.54) is 5.56 Å². The van der Waals surface area contributed by atoms with Gasteiger partial charge in [0, 0.05) is 0 Å². The minimum absolute atomic E-state index is 0.116. The van der Waals surface area contributed by atoms with Crippen LogP contribution in [0.5, 0.6) is 0 Å². The van der Waals surface area contributed by atoms with E-state index in [4.69, 9.17) is 0 Å². The standard InChI is InChI=1S/C18H16O2/c19-16(20)14-8-4-5-9-15(14)18-10-17(11-18,12-18)13-6-2-1-3-7-13/h1-9H,10-12H2,(H,19,20). The van der Waals surface area contributed by atoms with Crippen LogP contribution in [0.25, 0.3) is 0 Å². The van der Waals surface area contributed by atoms with Gasteiger partial charge in [-0.05, 0) is 47.3 Å². The highest BCUT2D eigenvalue weighted by Crippen LogP contribution is 2.74. The van der Waals surface area contributed by atoms with Crippen molar-refractivity contribution in [1.82, 2.24) is 0 Å². The summed E-state index contributed by atoms with van der Waals surface area (Å²) in [5, 5.41) is 9.35. The van der Waals surface area contributed by atoms with E-state index in [0.29, 0.717) is 11.0 Å². The molecule has 2 heteroatoms. The monoisotopic (exact) mass is 264 g/mol. The summed E-state index contributed by atoms with van der Waals surface area (Å²) in [7, 11) is 0. The summed E-state index contributed by atoms with van der Waals surface area (Å²) in [4.78, 5) is 11.4. The molecule has 3 fully saturated rings. The van der Waals surface area contributed by atoms with Crippen LogP contribution in [-0.4, -0.2) is 11.1 Å². The Balaban J connectivity index is 1.66. The molecule has 5 rings (SSSR count). The van der Waals surface area contributed by atoms with Crippen LogP contribution in [0.1, 0.15) is 40.7 Å². The zero-order valence-corrected chi connectivity index (χ0v) is 11.2. The summed E-state index contributed by atoms with van der Waals surface area (Å²) in [6.45, 7) is 0. The molecule has 20 heavy (non-hydrogen) atoms. The molecule has 0 amide bonds. The van der Waals surface area contributed by atoms with E-state index in [0.717, 1.165) is 24.8 Å². The van der Waals surface area contributed by atoms with Gasteiger partial charge in [0.1, 0.15) is 0 Å². The number of carboxylic acid groups (broad SMARTS) is 1. The van der Waals surface area contributed by atoms with Gasteiger partial charge in [-0.15, -0.1) is 0 Å². The van der Waals surface area contributed by atoms with Gasteiger partial charge in [0.25, 0.3) is 0 Å². The molecule has 0 radical (unpaired) electrons. The van der Waals surface area contributed by atoms with Crippen LogP contribution in [0.3, 0.4) is 0 Å². The molecule has 0 heterocycles. The van der Waals surface area contributed by atoms with Gasteiger partial charge >= 0.3 is 5.97 Å². The Morgan fingerprint density at radius 1 is 0.850 bits per heavy atom. The lowest BCUT2D eigenvalue weighted by molar-refractivity contribution is -0.0698. The minimum atomic E-state index is -0.806. The van der Waals surface area contributed by atoms with Crippen LogP contribution in [0.4, 0.5) is 0 Å². The first-order chi connectivity index (χ1) is 9.65. The number of carbonyl (C=O) groups is 1. The van der Waals surface area contributed by atoms with Crippen LogP contribution in [-0.2, 0) is 10.8 Å². The Labute approximate surface area is 118 Å². The van der Waals surface area contributed by atoms with Crippen LogP contribution >= 0.6 is 0 Å².